The summed E-state index contributed by atoms with van der Waals surface area (Å²) in [6.45, 7) is 0. The van der Waals surface area contributed by atoms with Crippen LogP contribution in [0.3, 0.4) is 0 Å². The Bertz CT molecular complexity index is 555. The fourth-order valence-electron chi connectivity index (χ4n) is 1.17. The van der Waals surface area contributed by atoms with Gasteiger partial charge in [-0.3, -0.25) is 0 Å². The average Bonchev–Trinajstić information content (AvgIpc) is 2.65. The number of carbonyl (C=O) groups is 1. The van der Waals surface area contributed by atoms with Crippen molar-refractivity contribution in [3.05, 3.63) is 15.5 Å². The molecule has 0 aliphatic rings. The summed E-state index contributed by atoms with van der Waals surface area (Å²) in [4.78, 5) is 20.0. The molecule has 0 atom stereocenters. The molecular weight excluding hydrogens is 296 g/mol. The van der Waals surface area contributed by atoms with E-state index in [1.54, 1.807) is 6.20 Å². The molecule has 2 aromatic heterocycles. The summed E-state index contributed by atoms with van der Waals surface area (Å²) in [5, 5.41) is 0. The van der Waals surface area contributed by atoms with Crippen molar-refractivity contribution in [1.29, 1.82) is 0 Å². The molecule has 7 heteroatoms. The van der Waals surface area contributed by atoms with Gasteiger partial charge in [-0.15, -0.1) is 11.3 Å². The molecule has 16 heavy (non-hydrogen) atoms. The zero-order chi connectivity index (χ0) is 11.7. The van der Waals surface area contributed by atoms with Crippen molar-refractivity contribution in [3.63, 3.8) is 0 Å². The Morgan fingerprint density at radius 2 is 2.25 bits per heavy atom. The van der Waals surface area contributed by atoms with Crippen LogP contribution in [-0.2, 0) is 4.74 Å². The Balaban J connectivity index is 2.64. The highest BCUT2D eigenvalue weighted by Gasteiger charge is 2.18. The van der Waals surface area contributed by atoms with E-state index in [1.807, 2.05) is 0 Å². The van der Waals surface area contributed by atoms with Gasteiger partial charge >= 0.3 is 12.0 Å². The Labute approximate surface area is 104 Å². The van der Waals surface area contributed by atoms with Crippen LogP contribution in [0.15, 0.2) is 10.7 Å². The van der Waals surface area contributed by atoms with E-state index in [0.29, 0.717) is 14.9 Å². The minimum absolute atomic E-state index is 0.266. The van der Waals surface area contributed by atoms with Crippen LogP contribution in [0.1, 0.15) is 9.67 Å². The summed E-state index contributed by atoms with van der Waals surface area (Å²) in [5.41, 5.74) is 0.650. The molecular formula is C9H7BrN2O3S. The lowest BCUT2D eigenvalue weighted by molar-refractivity contribution is 0.0605. The van der Waals surface area contributed by atoms with E-state index in [0.717, 1.165) is 4.70 Å². The van der Waals surface area contributed by atoms with E-state index < -0.39 is 5.97 Å². The lowest BCUT2D eigenvalue weighted by Gasteiger charge is -1.96. The van der Waals surface area contributed by atoms with Gasteiger partial charge in [0.05, 0.1) is 29.6 Å². The molecule has 2 heterocycles. The van der Waals surface area contributed by atoms with Crippen molar-refractivity contribution in [3.8, 4) is 6.01 Å². The summed E-state index contributed by atoms with van der Waals surface area (Å²) in [6.07, 6.45) is 1.61. The first-order chi connectivity index (χ1) is 7.67. The number of thiophene rings is 1. The average molecular weight is 303 g/mol. The fraction of sp³-hybridized carbons (Fsp3) is 0.222. The summed E-state index contributed by atoms with van der Waals surface area (Å²) in [7, 11) is 2.83. The van der Waals surface area contributed by atoms with Crippen LogP contribution < -0.4 is 4.74 Å². The number of nitrogens with zero attached hydrogens (tertiary/aromatic N) is 2. The quantitative estimate of drug-likeness (QED) is 0.796. The molecule has 0 saturated heterocycles. The number of fused-ring (bicyclic) bond motifs is 1. The lowest BCUT2D eigenvalue weighted by atomic mass is 10.4. The molecule has 0 unspecified atom stereocenters. The van der Waals surface area contributed by atoms with Gasteiger partial charge in [0.2, 0.25) is 0 Å². The third-order valence-electron chi connectivity index (χ3n) is 1.91. The normalized spacial score (nSPS) is 10.4. The molecule has 2 rings (SSSR count). The molecule has 0 fully saturated rings. The van der Waals surface area contributed by atoms with E-state index in [1.165, 1.54) is 25.6 Å². The van der Waals surface area contributed by atoms with Crippen molar-refractivity contribution in [1.82, 2.24) is 9.97 Å². The van der Waals surface area contributed by atoms with Gasteiger partial charge in [0.15, 0.2) is 0 Å². The van der Waals surface area contributed by atoms with Crippen LogP contribution in [0.25, 0.3) is 10.2 Å². The zero-order valence-corrected chi connectivity index (χ0v) is 10.9. The summed E-state index contributed by atoms with van der Waals surface area (Å²) in [6, 6.07) is 0.266. The number of methoxy groups -OCH3 is 2. The number of halogens is 1. The molecule has 0 bridgehead atoms. The summed E-state index contributed by atoms with van der Waals surface area (Å²) >= 11 is 4.59. The van der Waals surface area contributed by atoms with E-state index in [-0.39, 0.29) is 6.01 Å². The number of carbonyl (C=O) groups excluding carboxylic acids is 1. The van der Waals surface area contributed by atoms with Gasteiger partial charge in [-0.05, 0) is 15.9 Å². The first-order valence-corrected chi connectivity index (χ1v) is 5.85. The fourth-order valence-corrected chi connectivity index (χ4v) is 2.93. The Kier molecular flexibility index (Phi) is 3.06. The van der Waals surface area contributed by atoms with Crippen LogP contribution in [0.2, 0.25) is 0 Å². The Morgan fingerprint density at radius 3 is 2.88 bits per heavy atom. The van der Waals surface area contributed by atoms with Gasteiger partial charge in [-0.1, -0.05) is 0 Å². The molecule has 0 aliphatic carbocycles. The number of rotatable bonds is 2. The minimum Gasteiger partial charge on any atom is -0.467 e. The van der Waals surface area contributed by atoms with Crippen molar-refractivity contribution < 1.29 is 14.3 Å². The largest absolute Gasteiger partial charge is 0.467 e. The monoisotopic (exact) mass is 302 g/mol. The summed E-state index contributed by atoms with van der Waals surface area (Å²) in [5.74, 6) is -0.395. The van der Waals surface area contributed by atoms with Crippen LogP contribution in [0, 0.1) is 0 Å². The van der Waals surface area contributed by atoms with Crippen LogP contribution in [0.5, 0.6) is 6.01 Å². The Morgan fingerprint density at radius 1 is 1.50 bits per heavy atom. The minimum atomic E-state index is -0.395. The number of hydrogen-bond donors (Lipinski definition) is 0. The lowest BCUT2D eigenvalue weighted by Crippen LogP contribution is -1.98. The topological polar surface area (TPSA) is 61.3 Å². The van der Waals surface area contributed by atoms with Crippen LogP contribution in [0.4, 0.5) is 0 Å². The third kappa shape index (κ3) is 1.76. The zero-order valence-electron chi connectivity index (χ0n) is 8.48. The highest BCUT2D eigenvalue weighted by atomic mass is 79.9. The highest BCUT2D eigenvalue weighted by molar-refractivity contribution is 9.10. The highest BCUT2D eigenvalue weighted by Crippen LogP contribution is 2.34. The molecule has 0 amide bonds. The van der Waals surface area contributed by atoms with E-state index in [4.69, 9.17) is 4.74 Å². The predicted octanol–water partition coefficient (Wildman–Crippen LogP) is 2.25. The smallest absolute Gasteiger partial charge is 0.349 e. The molecule has 0 aromatic carbocycles. The van der Waals surface area contributed by atoms with Crippen molar-refractivity contribution in [2.45, 2.75) is 0 Å². The number of hydrogen-bond acceptors (Lipinski definition) is 6. The van der Waals surface area contributed by atoms with Crippen molar-refractivity contribution in [2.24, 2.45) is 0 Å². The van der Waals surface area contributed by atoms with Crippen LogP contribution >= 0.6 is 27.3 Å². The van der Waals surface area contributed by atoms with E-state index in [2.05, 4.69) is 30.6 Å². The SMILES string of the molecule is COC(=O)c1sc2cnc(OC)nc2c1Br. The maximum Gasteiger partial charge on any atom is 0.349 e. The molecule has 2 aromatic rings. The van der Waals surface area contributed by atoms with Gasteiger partial charge in [-0.2, -0.15) is 4.98 Å². The maximum atomic E-state index is 11.4. The third-order valence-corrected chi connectivity index (χ3v) is 4.03. The number of ether oxygens (including phenoxy) is 2. The second-order valence-electron chi connectivity index (χ2n) is 2.81. The van der Waals surface area contributed by atoms with Gasteiger partial charge in [0, 0.05) is 0 Å². The molecule has 0 N–H and O–H groups in total. The number of aromatic nitrogens is 2. The van der Waals surface area contributed by atoms with Gasteiger partial charge in [0.25, 0.3) is 0 Å². The van der Waals surface area contributed by atoms with Gasteiger partial charge < -0.3 is 9.47 Å². The van der Waals surface area contributed by atoms with Crippen molar-refractivity contribution in [2.75, 3.05) is 14.2 Å². The number of esters is 1. The molecule has 0 spiro atoms. The molecule has 84 valence electrons. The van der Waals surface area contributed by atoms with Gasteiger partial charge in [0.1, 0.15) is 10.4 Å². The molecule has 0 radical (unpaired) electrons. The molecule has 0 saturated carbocycles. The first-order valence-electron chi connectivity index (χ1n) is 4.24. The van der Waals surface area contributed by atoms with Crippen molar-refractivity contribution >= 4 is 43.5 Å². The van der Waals surface area contributed by atoms with Crippen LogP contribution in [-0.4, -0.2) is 30.2 Å². The van der Waals surface area contributed by atoms with E-state index >= 15 is 0 Å². The Hall–Kier alpha value is -1.21. The summed E-state index contributed by atoms with van der Waals surface area (Å²) < 4.78 is 11.0. The predicted molar refractivity (Wildman–Crippen MR) is 63.0 cm³/mol. The van der Waals surface area contributed by atoms with Gasteiger partial charge in [-0.25, -0.2) is 9.78 Å². The van der Waals surface area contributed by atoms with E-state index in [9.17, 15) is 4.79 Å². The standard InChI is InChI=1S/C9H7BrN2O3S/c1-14-8(13)7-5(10)6-4(16-7)3-11-9(12-6)15-2/h3H,1-2H3. The second kappa shape index (κ2) is 4.34. The maximum absolute atomic E-state index is 11.4. The molecule has 0 aliphatic heterocycles. The second-order valence-corrected chi connectivity index (χ2v) is 4.65. The first kappa shape index (κ1) is 11.3. The molecule has 5 nitrogen and oxygen atoms in total.